The molecule has 2 heteroatoms. The predicted octanol–water partition coefficient (Wildman–Crippen LogP) is 12.5. The Morgan fingerprint density at radius 1 is 0.442 bits per heavy atom. The van der Waals surface area contributed by atoms with Crippen LogP contribution in [0.5, 0.6) is 0 Å². The van der Waals surface area contributed by atoms with Gasteiger partial charge in [-0.1, -0.05) is 0 Å². The molecule has 1 aliphatic carbocycles. The molecule has 1 aliphatic rings. The van der Waals surface area contributed by atoms with E-state index in [2.05, 4.69) is 126 Å². The van der Waals surface area contributed by atoms with Crippen molar-refractivity contribution in [2.45, 2.75) is 115 Å². The Labute approximate surface area is 288 Å². The van der Waals surface area contributed by atoms with Crippen LogP contribution >= 0.6 is 0 Å². The minimum Gasteiger partial charge on any atom is 0 e. The first-order chi connectivity index (χ1) is 20.6. The van der Waals surface area contributed by atoms with Gasteiger partial charge >= 0.3 is 264 Å². The minimum atomic E-state index is -3.56. The Bertz CT molecular complexity index is 1150. The normalized spacial score (nSPS) is 14.7. The summed E-state index contributed by atoms with van der Waals surface area (Å²) >= 11 is -3.56. The van der Waals surface area contributed by atoms with Crippen molar-refractivity contribution >= 4 is 0 Å². The summed E-state index contributed by atoms with van der Waals surface area (Å²) in [6.45, 7) is 12.2. The van der Waals surface area contributed by atoms with Gasteiger partial charge in [-0.05, 0) is 0 Å². The van der Waals surface area contributed by atoms with Gasteiger partial charge in [-0.15, -0.1) is 0 Å². The van der Waals surface area contributed by atoms with Gasteiger partial charge in [0.25, 0.3) is 0 Å². The first-order valence-corrected chi connectivity index (χ1v) is 26.6. The van der Waals surface area contributed by atoms with Crippen molar-refractivity contribution in [3.8, 4) is 0 Å². The zero-order chi connectivity index (χ0) is 29.8. The molecule has 0 bridgehead atoms. The number of hydrogen-bond acceptors (Lipinski definition) is 0. The molecule has 0 fully saturated rings. The largest absolute Gasteiger partial charge is 0 e. The van der Waals surface area contributed by atoms with Crippen LogP contribution in [-0.2, 0) is 58.3 Å². The molecule has 0 nitrogen and oxygen atoms in total. The van der Waals surface area contributed by atoms with Gasteiger partial charge in [0, 0.05) is 25.8 Å². The third-order valence-electron chi connectivity index (χ3n) is 9.81. The van der Waals surface area contributed by atoms with Gasteiger partial charge in [0.15, 0.2) is 0 Å². The van der Waals surface area contributed by atoms with Crippen molar-refractivity contribution in [1.82, 2.24) is 0 Å². The molecular formula is C41H56Hf2. The summed E-state index contributed by atoms with van der Waals surface area (Å²) in [5.41, 5.74) is 12.2. The van der Waals surface area contributed by atoms with E-state index in [1.165, 1.54) is 76.7 Å². The predicted molar refractivity (Wildman–Crippen MR) is 182 cm³/mol. The molecule has 0 saturated heterocycles. The molecule has 228 valence electrons. The smallest absolute Gasteiger partial charge is 0 e. The van der Waals surface area contributed by atoms with Crippen molar-refractivity contribution in [2.24, 2.45) is 0 Å². The molecule has 3 aromatic rings. The van der Waals surface area contributed by atoms with Gasteiger partial charge in [0.1, 0.15) is 0 Å². The Hall–Kier alpha value is -1.12. The topological polar surface area (TPSA) is 0 Å². The molecule has 0 spiro atoms. The van der Waals surface area contributed by atoms with Crippen LogP contribution in [0.25, 0.3) is 0 Å². The van der Waals surface area contributed by atoms with E-state index < -0.39 is 20.0 Å². The Kier molecular flexibility index (Phi) is 15.3. The molecule has 0 N–H and O–H groups in total. The molecule has 0 unspecified atom stereocenters. The number of hydrogen-bond donors (Lipinski definition) is 0. The summed E-state index contributed by atoms with van der Waals surface area (Å²) in [6.07, 6.45) is 12.7. The standard InChI is InChI=1S/C20H35.3C7H7.2Hf/c1-6-11-16-17(12-7-2)19(14-9-4)20(15-10-5)18(16)13-8-3;3*1-7-5-3-2-4-6-7;;/h6-15H2,1-5H3;3*2-6H,1H2;;. The third kappa shape index (κ3) is 8.19. The Balaban J connectivity index is 0.00000506. The average molecular weight is 906 g/mol. The molecule has 0 aliphatic heterocycles. The molecule has 0 atom stereocenters. The van der Waals surface area contributed by atoms with Crippen molar-refractivity contribution < 1.29 is 45.8 Å². The molecular weight excluding hydrogens is 849 g/mol. The first kappa shape index (κ1) is 36.3. The molecule has 0 aromatic heterocycles. The second kappa shape index (κ2) is 18.1. The summed E-state index contributed by atoms with van der Waals surface area (Å²) in [5.74, 6) is 0. The van der Waals surface area contributed by atoms with E-state index in [0.29, 0.717) is 0 Å². The second-order valence-electron chi connectivity index (χ2n) is 12.8. The number of allylic oxidation sites excluding steroid dienone is 4. The van der Waals surface area contributed by atoms with E-state index in [-0.39, 0.29) is 29.0 Å². The van der Waals surface area contributed by atoms with E-state index in [1.807, 2.05) is 22.3 Å². The molecule has 43 heavy (non-hydrogen) atoms. The van der Waals surface area contributed by atoms with Crippen LogP contribution in [0.15, 0.2) is 113 Å². The number of rotatable bonds is 17. The maximum absolute atomic E-state index is 3.56. The molecule has 0 amide bonds. The van der Waals surface area contributed by atoms with Crippen molar-refractivity contribution in [3.05, 3.63) is 130 Å². The minimum absolute atomic E-state index is 0. The molecule has 4 rings (SSSR count). The van der Waals surface area contributed by atoms with E-state index in [1.54, 1.807) is 16.7 Å². The summed E-state index contributed by atoms with van der Waals surface area (Å²) < 4.78 is 4.23. The van der Waals surface area contributed by atoms with Gasteiger partial charge in [0.05, 0.1) is 0 Å². The molecule has 3 aromatic carbocycles. The summed E-state index contributed by atoms with van der Waals surface area (Å²) in [6, 6.07) is 35.0. The summed E-state index contributed by atoms with van der Waals surface area (Å²) in [4.78, 5) is 0. The van der Waals surface area contributed by atoms with Gasteiger partial charge in [-0.2, -0.15) is 0 Å². The average Bonchev–Trinajstić information content (AvgIpc) is 3.24. The Morgan fingerprint density at radius 2 is 0.767 bits per heavy atom. The van der Waals surface area contributed by atoms with Crippen molar-refractivity contribution in [3.63, 3.8) is 0 Å². The summed E-state index contributed by atoms with van der Waals surface area (Å²) in [5, 5.41) is 0. The van der Waals surface area contributed by atoms with Crippen LogP contribution in [0.1, 0.15) is 116 Å². The van der Waals surface area contributed by atoms with E-state index in [9.17, 15) is 0 Å². The maximum Gasteiger partial charge on any atom is 0 e. The van der Waals surface area contributed by atoms with Crippen LogP contribution in [-0.4, -0.2) is 0 Å². The number of benzene rings is 3. The molecule has 0 radical (unpaired) electrons. The SMILES string of the molecule is CCCC1=C(CCC)[C](CCC)([Hf]([CH2]c2ccccc2)([CH2]c2ccccc2)[CH2]c2ccccc2)C(CCC)=C1CCC.[Hf]. The third-order valence-corrected chi connectivity index (χ3v) is 31.1. The summed E-state index contributed by atoms with van der Waals surface area (Å²) in [7, 11) is 0. The van der Waals surface area contributed by atoms with Crippen LogP contribution in [0.4, 0.5) is 0 Å². The zero-order valence-electron chi connectivity index (χ0n) is 27.9. The Morgan fingerprint density at radius 3 is 1.05 bits per heavy atom. The zero-order valence-corrected chi connectivity index (χ0v) is 35.0. The van der Waals surface area contributed by atoms with Crippen LogP contribution in [0, 0.1) is 0 Å². The van der Waals surface area contributed by atoms with Crippen molar-refractivity contribution in [2.75, 3.05) is 0 Å². The molecule has 0 heterocycles. The fourth-order valence-corrected chi connectivity index (χ4v) is 33.5. The van der Waals surface area contributed by atoms with Crippen LogP contribution in [0.2, 0.25) is 3.17 Å². The molecule has 0 saturated carbocycles. The van der Waals surface area contributed by atoms with E-state index in [4.69, 9.17) is 0 Å². The van der Waals surface area contributed by atoms with Crippen LogP contribution in [0.3, 0.4) is 0 Å². The van der Waals surface area contributed by atoms with Gasteiger partial charge < -0.3 is 0 Å². The van der Waals surface area contributed by atoms with Crippen LogP contribution < -0.4 is 0 Å². The fourth-order valence-electron chi connectivity index (χ4n) is 8.58. The van der Waals surface area contributed by atoms with E-state index in [0.717, 1.165) is 0 Å². The van der Waals surface area contributed by atoms with Crippen molar-refractivity contribution in [1.29, 1.82) is 0 Å². The van der Waals surface area contributed by atoms with Gasteiger partial charge in [-0.3, -0.25) is 0 Å². The quantitative estimate of drug-likeness (QED) is 0.118. The monoisotopic (exact) mass is 908 g/mol. The van der Waals surface area contributed by atoms with Gasteiger partial charge in [0.2, 0.25) is 0 Å². The fraction of sp³-hybridized carbons (Fsp3) is 0.463. The second-order valence-corrected chi connectivity index (χ2v) is 28.9. The van der Waals surface area contributed by atoms with Gasteiger partial charge in [-0.25, -0.2) is 0 Å². The first-order valence-electron chi connectivity index (χ1n) is 17.2. The maximum atomic E-state index is 2.48. The van der Waals surface area contributed by atoms with E-state index >= 15 is 0 Å².